The van der Waals surface area contributed by atoms with E-state index in [9.17, 15) is 13.2 Å². The van der Waals surface area contributed by atoms with Gasteiger partial charge in [0.05, 0.1) is 10.6 Å². The summed E-state index contributed by atoms with van der Waals surface area (Å²) in [7, 11) is 0. The molecule has 5 nitrogen and oxygen atoms in total. The average Bonchev–Trinajstić information content (AvgIpc) is 3.08. The molecule has 9 heteroatoms. The molecule has 21 heavy (non-hydrogen) atoms. The van der Waals surface area contributed by atoms with Gasteiger partial charge in [-0.2, -0.15) is 18.3 Å². The van der Waals surface area contributed by atoms with E-state index < -0.39 is 11.7 Å². The van der Waals surface area contributed by atoms with Gasteiger partial charge in [0.15, 0.2) is 5.76 Å². The molecule has 0 fully saturated rings. The van der Waals surface area contributed by atoms with Gasteiger partial charge in [-0.15, -0.1) is 0 Å². The van der Waals surface area contributed by atoms with Gasteiger partial charge in [0.2, 0.25) is 0 Å². The zero-order valence-corrected chi connectivity index (χ0v) is 10.9. The van der Waals surface area contributed by atoms with Gasteiger partial charge in [-0.1, -0.05) is 16.8 Å². The van der Waals surface area contributed by atoms with Crippen LogP contribution in [0, 0.1) is 0 Å². The number of halogens is 4. The van der Waals surface area contributed by atoms with E-state index in [1.54, 1.807) is 6.07 Å². The van der Waals surface area contributed by atoms with Crippen LogP contribution in [0.3, 0.4) is 0 Å². The molecule has 0 saturated heterocycles. The third kappa shape index (κ3) is 2.62. The van der Waals surface area contributed by atoms with Crippen molar-refractivity contribution < 1.29 is 17.7 Å². The first-order valence-corrected chi connectivity index (χ1v) is 6.02. The van der Waals surface area contributed by atoms with E-state index in [1.807, 2.05) is 0 Å². The molecule has 0 aliphatic carbocycles. The van der Waals surface area contributed by atoms with E-state index in [2.05, 4.69) is 20.3 Å². The molecule has 0 radical (unpaired) electrons. The molecule has 0 aliphatic heterocycles. The standard InChI is InChI=1S/C12H6ClF3N4O/c13-7-3-6(12(14,15)16)5-17-11(7)9-4-10(21-20-9)8-1-2-18-19-8/h1-5H,(H,18,19). The van der Waals surface area contributed by atoms with Crippen LogP contribution in [-0.4, -0.2) is 20.3 Å². The lowest BCUT2D eigenvalue weighted by atomic mass is 10.2. The molecule has 0 atom stereocenters. The number of nitrogens with one attached hydrogen (secondary N) is 1. The van der Waals surface area contributed by atoms with Crippen LogP contribution in [0.25, 0.3) is 22.8 Å². The largest absolute Gasteiger partial charge is 0.417 e. The lowest BCUT2D eigenvalue weighted by molar-refractivity contribution is -0.137. The first kappa shape index (κ1) is 13.6. The van der Waals surface area contributed by atoms with E-state index in [1.165, 1.54) is 12.3 Å². The molecule has 0 aliphatic rings. The van der Waals surface area contributed by atoms with Crippen LogP contribution in [0.2, 0.25) is 5.02 Å². The molecule has 0 saturated carbocycles. The second-order valence-electron chi connectivity index (χ2n) is 4.10. The van der Waals surface area contributed by atoms with E-state index in [0.29, 0.717) is 17.7 Å². The quantitative estimate of drug-likeness (QED) is 0.781. The Bertz CT molecular complexity index is 767. The van der Waals surface area contributed by atoms with E-state index >= 15 is 0 Å². The summed E-state index contributed by atoms with van der Waals surface area (Å²) in [6.07, 6.45) is -2.27. The van der Waals surface area contributed by atoms with Crippen molar-refractivity contribution in [2.45, 2.75) is 6.18 Å². The number of aromatic amines is 1. The summed E-state index contributed by atoms with van der Waals surface area (Å²) in [5, 5.41) is 10.0. The highest BCUT2D eigenvalue weighted by Crippen LogP contribution is 2.34. The van der Waals surface area contributed by atoms with Crippen LogP contribution >= 0.6 is 11.6 Å². The maximum atomic E-state index is 12.5. The van der Waals surface area contributed by atoms with Gasteiger partial charge in [0, 0.05) is 18.5 Å². The summed E-state index contributed by atoms with van der Waals surface area (Å²) in [5.41, 5.74) is 0.00262. The topological polar surface area (TPSA) is 67.6 Å². The van der Waals surface area contributed by atoms with Gasteiger partial charge in [-0.3, -0.25) is 10.1 Å². The Balaban J connectivity index is 1.98. The van der Waals surface area contributed by atoms with Crippen molar-refractivity contribution in [3.05, 3.63) is 41.2 Å². The number of hydrogen-bond acceptors (Lipinski definition) is 4. The van der Waals surface area contributed by atoms with Gasteiger partial charge in [0.1, 0.15) is 17.1 Å². The van der Waals surface area contributed by atoms with Gasteiger partial charge in [0.25, 0.3) is 0 Å². The number of aromatic nitrogens is 4. The average molecular weight is 315 g/mol. The van der Waals surface area contributed by atoms with Gasteiger partial charge < -0.3 is 4.52 Å². The van der Waals surface area contributed by atoms with Crippen LogP contribution in [0.15, 0.2) is 35.1 Å². The van der Waals surface area contributed by atoms with Crippen LogP contribution in [0.5, 0.6) is 0 Å². The number of pyridine rings is 1. The number of nitrogens with zero attached hydrogens (tertiary/aromatic N) is 3. The fraction of sp³-hybridized carbons (Fsp3) is 0.0833. The van der Waals surface area contributed by atoms with E-state index in [4.69, 9.17) is 16.1 Å². The Morgan fingerprint density at radius 1 is 1.24 bits per heavy atom. The number of rotatable bonds is 2. The molecular weight excluding hydrogens is 309 g/mol. The normalized spacial score (nSPS) is 11.8. The van der Waals surface area contributed by atoms with Crippen molar-refractivity contribution >= 4 is 11.6 Å². The van der Waals surface area contributed by atoms with Crippen LogP contribution in [0.4, 0.5) is 13.2 Å². The summed E-state index contributed by atoms with van der Waals surface area (Å²) in [4.78, 5) is 3.71. The Kier molecular flexibility index (Phi) is 3.17. The van der Waals surface area contributed by atoms with Gasteiger partial charge >= 0.3 is 6.18 Å². The molecule has 0 spiro atoms. The van der Waals surface area contributed by atoms with Crippen molar-refractivity contribution in [1.82, 2.24) is 20.3 Å². The predicted octanol–water partition coefficient (Wildman–Crippen LogP) is 3.80. The van der Waals surface area contributed by atoms with Crippen LogP contribution in [-0.2, 0) is 6.18 Å². The summed E-state index contributed by atoms with van der Waals surface area (Å²) in [6, 6.07) is 3.97. The first-order chi connectivity index (χ1) is 9.95. The molecule has 0 aromatic carbocycles. The molecule has 3 heterocycles. The molecule has 1 N–H and O–H groups in total. The Labute approximate surface area is 120 Å². The van der Waals surface area contributed by atoms with Crippen molar-refractivity contribution in [3.8, 4) is 22.8 Å². The van der Waals surface area contributed by atoms with Gasteiger partial charge in [-0.05, 0) is 12.1 Å². The lowest BCUT2D eigenvalue weighted by Crippen LogP contribution is -2.05. The number of hydrogen-bond donors (Lipinski definition) is 1. The van der Waals surface area contributed by atoms with Crippen LogP contribution in [0.1, 0.15) is 5.56 Å². The highest BCUT2D eigenvalue weighted by molar-refractivity contribution is 6.33. The minimum atomic E-state index is -4.50. The molecule has 0 amide bonds. The fourth-order valence-electron chi connectivity index (χ4n) is 1.69. The van der Waals surface area contributed by atoms with Gasteiger partial charge in [-0.25, -0.2) is 0 Å². The monoisotopic (exact) mass is 314 g/mol. The third-order valence-electron chi connectivity index (χ3n) is 2.69. The van der Waals surface area contributed by atoms with Crippen molar-refractivity contribution in [1.29, 1.82) is 0 Å². The third-order valence-corrected chi connectivity index (χ3v) is 2.98. The lowest BCUT2D eigenvalue weighted by Gasteiger charge is -2.07. The van der Waals surface area contributed by atoms with E-state index in [0.717, 1.165) is 6.07 Å². The smallest absolute Gasteiger partial charge is 0.354 e. The maximum Gasteiger partial charge on any atom is 0.417 e. The van der Waals surface area contributed by atoms with Crippen LogP contribution < -0.4 is 0 Å². The summed E-state index contributed by atoms with van der Waals surface area (Å²) in [5.74, 6) is 0.375. The fourth-order valence-corrected chi connectivity index (χ4v) is 1.95. The highest BCUT2D eigenvalue weighted by Gasteiger charge is 2.32. The zero-order valence-electron chi connectivity index (χ0n) is 10.1. The Hall–Kier alpha value is -2.35. The molecule has 3 rings (SSSR count). The molecule has 3 aromatic rings. The second kappa shape index (κ2) is 4.88. The molecule has 0 bridgehead atoms. The molecule has 108 valence electrons. The zero-order chi connectivity index (χ0) is 15.0. The van der Waals surface area contributed by atoms with Crippen molar-refractivity contribution in [2.75, 3.05) is 0 Å². The van der Waals surface area contributed by atoms with Crippen molar-refractivity contribution in [3.63, 3.8) is 0 Å². The SMILES string of the molecule is FC(F)(F)c1cnc(-c2cc(-c3ccn[nH]3)on2)c(Cl)c1. The number of H-pyrrole nitrogens is 1. The highest BCUT2D eigenvalue weighted by atomic mass is 35.5. The minimum Gasteiger partial charge on any atom is -0.354 e. The molecule has 0 unspecified atom stereocenters. The molecule has 3 aromatic heterocycles. The van der Waals surface area contributed by atoms with Crippen molar-refractivity contribution in [2.24, 2.45) is 0 Å². The Morgan fingerprint density at radius 3 is 2.67 bits per heavy atom. The summed E-state index contributed by atoms with van der Waals surface area (Å²) in [6.45, 7) is 0. The first-order valence-electron chi connectivity index (χ1n) is 5.65. The Morgan fingerprint density at radius 2 is 2.05 bits per heavy atom. The summed E-state index contributed by atoms with van der Waals surface area (Å²) < 4.78 is 42.7. The second-order valence-corrected chi connectivity index (χ2v) is 4.51. The maximum absolute atomic E-state index is 12.5. The number of alkyl halides is 3. The summed E-state index contributed by atoms with van der Waals surface area (Å²) >= 11 is 5.84. The predicted molar refractivity (Wildman–Crippen MR) is 67.3 cm³/mol. The molecular formula is C12H6ClF3N4O. The van der Waals surface area contributed by atoms with E-state index in [-0.39, 0.29) is 16.4 Å². The minimum absolute atomic E-state index is 0.110.